The summed E-state index contributed by atoms with van der Waals surface area (Å²) in [6, 6.07) is 11.1. The van der Waals surface area contributed by atoms with Gasteiger partial charge in [0.2, 0.25) is 0 Å². The summed E-state index contributed by atoms with van der Waals surface area (Å²) in [5.74, 6) is 2.32. The SMILES string of the molecule is CCNC(=NCC(O)c1ccccc1Cl)NC(C)c1ccc(C)o1. The topological polar surface area (TPSA) is 69.8 Å². The Labute approximate surface area is 147 Å². The number of halogens is 1. The smallest absolute Gasteiger partial charge is 0.191 e. The second-order valence-corrected chi connectivity index (χ2v) is 5.98. The molecule has 0 amide bonds. The van der Waals surface area contributed by atoms with Gasteiger partial charge >= 0.3 is 0 Å². The molecule has 0 aliphatic heterocycles. The molecule has 0 fully saturated rings. The quantitative estimate of drug-likeness (QED) is 0.550. The molecule has 0 radical (unpaired) electrons. The first-order chi connectivity index (χ1) is 11.5. The van der Waals surface area contributed by atoms with Crippen molar-refractivity contribution < 1.29 is 9.52 Å². The number of rotatable bonds is 6. The third-order valence-electron chi connectivity index (χ3n) is 3.57. The van der Waals surface area contributed by atoms with Crippen molar-refractivity contribution in [3.8, 4) is 0 Å². The van der Waals surface area contributed by atoms with Crippen LogP contribution in [0, 0.1) is 6.92 Å². The zero-order valence-electron chi connectivity index (χ0n) is 14.2. The molecular weight excluding hydrogens is 326 g/mol. The summed E-state index contributed by atoms with van der Waals surface area (Å²) in [6.07, 6.45) is -0.754. The number of aryl methyl sites for hydroxylation is 1. The van der Waals surface area contributed by atoms with E-state index in [2.05, 4.69) is 15.6 Å². The van der Waals surface area contributed by atoms with Crippen LogP contribution >= 0.6 is 11.6 Å². The highest BCUT2D eigenvalue weighted by molar-refractivity contribution is 6.31. The molecule has 0 spiro atoms. The second kappa shape index (κ2) is 8.76. The molecule has 2 atom stereocenters. The lowest BCUT2D eigenvalue weighted by atomic mass is 10.1. The van der Waals surface area contributed by atoms with E-state index in [1.807, 2.05) is 45.0 Å². The molecule has 24 heavy (non-hydrogen) atoms. The van der Waals surface area contributed by atoms with Crippen LogP contribution in [-0.2, 0) is 0 Å². The molecule has 2 unspecified atom stereocenters. The Bertz CT molecular complexity index is 684. The van der Waals surface area contributed by atoms with E-state index in [0.29, 0.717) is 16.5 Å². The predicted molar refractivity (Wildman–Crippen MR) is 97.4 cm³/mol. The number of hydrogen-bond acceptors (Lipinski definition) is 3. The van der Waals surface area contributed by atoms with Crippen molar-refractivity contribution in [3.63, 3.8) is 0 Å². The number of guanidine groups is 1. The molecule has 1 heterocycles. The van der Waals surface area contributed by atoms with Crippen molar-refractivity contribution in [1.82, 2.24) is 10.6 Å². The van der Waals surface area contributed by atoms with Gasteiger partial charge in [-0.15, -0.1) is 0 Å². The molecule has 0 bridgehead atoms. The number of aliphatic hydroxyl groups is 1. The molecule has 5 nitrogen and oxygen atoms in total. The van der Waals surface area contributed by atoms with Gasteiger partial charge in [-0.25, -0.2) is 0 Å². The average Bonchev–Trinajstić information content (AvgIpc) is 2.99. The van der Waals surface area contributed by atoms with Crippen molar-refractivity contribution in [1.29, 1.82) is 0 Å². The van der Waals surface area contributed by atoms with Gasteiger partial charge in [0.1, 0.15) is 17.6 Å². The highest BCUT2D eigenvalue weighted by Gasteiger charge is 2.13. The predicted octanol–water partition coefficient (Wildman–Crippen LogP) is 3.59. The Kier molecular flexibility index (Phi) is 6.70. The summed E-state index contributed by atoms with van der Waals surface area (Å²) in [7, 11) is 0. The minimum atomic E-state index is -0.754. The normalized spacial score (nSPS) is 14.3. The van der Waals surface area contributed by atoms with E-state index in [0.717, 1.165) is 18.1 Å². The number of furan rings is 1. The van der Waals surface area contributed by atoms with E-state index in [-0.39, 0.29) is 12.6 Å². The minimum absolute atomic E-state index is 0.0334. The Morgan fingerprint density at radius 3 is 2.67 bits per heavy atom. The molecular formula is C18H24ClN3O2. The van der Waals surface area contributed by atoms with E-state index in [1.54, 1.807) is 12.1 Å². The van der Waals surface area contributed by atoms with E-state index < -0.39 is 6.10 Å². The molecule has 130 valence electrons. The summed E-state index contributed by atoms with van der Waals surface area (Å²) in [6.45, 7) is 6.83. The van der Waals surface area contributed by atoms with E-state index in [1.165, 1.54) is 0 Å². The molecule has 3 N–H and O–H groups in total. The van der Waals surface area contributed by atoms with Gasteiger partial charge < -0.3 is 20.2 Å². The van der Waals surface area contributed by atoms with Crippen LogP contribution in [-0.4, -0.2) is 24.2 Å². The van der Waals surface area contributed by atoms with Crippen LogP contribution in [0.1, 0.15) is 43.1 Å². The summed E-state index contributed by atoms with van der Waals surface area (Å²) < 4.78 is 5.62. The Hall–Kier alpha value is -1.98. The van der Waals surface area contributed by atoms with Crippen LogP contribution in [0.25, 0.3) is 0 Å². The lowest BCUT2D eigenvalue weighted by Crippen LogP contribution is -2.39. The fourth-order valence-electron chi connectivity index (χ4n) is 2.30. The maximum Gasteiger partial charge on any atom is 0.191 e. The van der Waals surface area contributed by atoms with Gasteiger partial charge in [-0.2, -0.15) is 0 Å². The average molecular weight is 350 g/mol. The molecule has 2 rings (SSSR count). The lowest BCUT2D eigenvalue weighted by molar-refractivity contribution is 0.187. The van der Waals surface area contributed by atoms with Crippen LogP contribution in [0.15, 0.2) is 45.8 Å². The fourth-order valence-corrected chi connectivity index (χ4v) is 2.57. The van der Waals surface area contributed by atoms with Crippen molar-refractivity contribution in [2.75, 3.05) is 13.1 Å². The fraction of sp³-hybridized carbons (Fsp3) is 0.389. The van der Waals surface area contributed by atoms with E-state index in [4.69, 9.17) is 16.0 Å². The minimum Gasteiger partial charge on any atom is -0.464 e. The highest BCUT2D eigenvalue weighted by atomic mass is 35.5. The molecule has 0 saturated carbocycles. The second-order valence-electron chi connectivity index (χ2n) is 5.57. The third-order valence-corrected chi connectivity index (χ3v) is 3.92. The third kappa shape index (κ3) is 5.01. The molecule has 0 aliphatic carbocycles. The van der Waals surface area contributed by atoms with Crippen LogP contribution in [0.3, 0.4) is 0 Å². The van der Waals surface area contributed by atoms with Gasteiger partial charge in [0.25, 0.3) is 0 Å². The van der Waals surface area contributed by atoms with Crippen molar-refractivity contribution in [2.45, 2.75) is 32.9 Å². The Balaban J connectivity index is 2.03. The van der Waals surface area contributed by atoms with Gasteiger partial charge in [0.05, 0.1) is 12.6 Å². The number of hydrogen-bond donors (Lipinski definition) is 3. The lowest BCUT2D eigenvalue weighted by Gasteiger charge is -2.17. The van der Waals surface area contributed by atoms with Crippen LogP contribution in [0.4, 0.5) is 0 Å². The molecule has 1 aromatic carbocycles. The first kappa shape index (κ1) is 18.4. The Morgan fingerprint density at radius 2 is 2.04 bits per heavy atom. The molecule has 1 aromatic heterocycles. The summed E-state index contributed by atoms with van der Waals surface area (Å²) in [4.78, 5) is 4.45. The highest BCUT2D eigenvalue weighted by Crippen LogP contribution is 2.22. The summed E-state index contributed by atoms with van der Waals surface area (Å²) in [5, 5.41) is 17.3. The maximum atomic E-state index is 10.3. The number of aliphatic hydroxyl groups excluding tert-OH is 1. The van der Waals surface area contributed by atoms with Gasteiger partial charge in [0, 0.05) is 17.1 Å². The van der Waals surface area contributed by atoms with Gasteiger partial charge in [-0.3, -0.25) is 4.99 Å². The first-order valence-electron chi connectivity index (χ1n) is 8.05. The molecule has 2 aromatic rings. The van der Waals surface area contributed by atoms with Crippen molar-refractivity contribution in [2.24, 2.45) is 4.99 Å². The number of benzene rings is 1. The van der Waals surface area contributed by atoms with Gasteiger partial charge in [0.15, 0.2) is 5.96 Å². The molecule has 0 saturated heterocycles. The monoisotopic (exact) mass is 349 g/mol. The summed E-state index contributed by atoms with van der Waals surface area (Å²) in [5.41, 5.74) is 0.675. The Morgan fingerprint density at radius 1 is 1.29 bits per heavy atom. The van der Waals surface area contributed by atoms with E-state index >= 15 is 0 Å². The van der Waals surface area contributed by atoms with E-state index in [9.17, 15) is 5.11 Å². The van der Waals surface area contributed by atoms with Crippen LogP contribution in [0.2, 0.25) is 5.02 Å². The molecule has 6 heteroatoms. The van der Waals surface area contributed by atoms with Crippen molar-refractivity contribution >= 4 is 17.6 Å². The molecule has 0 aliphatic rings. The first-order valence-corrected chi connectivity index (χ1v) is 8.42. The number of nitrogens with one attached hydrogen (secondary N) is 2. The largest absolute Gasteiger partial charge is 0.464 e. The standard InChI is InChI=1S/C18H24ClN3O2/c1-4-20-18(22-13(3)17-10-9-12(2)24-17)21-11-16(23)14-7-5-6-8-15(14)19/h5-10,13,16,23H,4,11H2,1-3H3,(H2,20,21,22). The zero-order valence-corrected chi connectivity index (χ0v) is 15.0. The van der Waals surface area contributed by atoms with Crippen LogP contribution < -0.4 is 10.6 Å². The number of aliphatic imine (C=N–C) groups is 1. The zero-order chi connectivity index (χ0) is 17.5. The van der Waals surface area contributed by atoms with Gasteiger partial charge in [-0.05, 0) is 39.0 Å². The summed E-state index contributed by atoms with van der Waals surface area (Å²) >= 11 is 6.11. The maximum absolute atomic E-state index is 10.3. The van der Waals surface area contributed by atoms with Crippen molar-refractivity contribution in [3.05, 3.63) is 58.5 Å². The number of nitrogens with zero attached hydrogens (tertiary/aromatic N) is 1. The van der Waals surface area contributed by atoms with Crippen LogP contribution in [0.5, 0.6) is 0 Å². The van der Waals surface area contributed by atoms with Gasteiger partial charge in [-0.1, -0.05) is 29.8 Å².